The summed E-state index contributed by atoms with van der Waals surface area (Å²) in [6.45, 7) is -0.164. The second kappa shape index (κ2) is 6.83. The van der Waals surface area contributed by atoms with Gasteiger partial charge < -0.3 is 20.2 Å². The fraction of sp³-hybridized carbons (Fsp3) is 0.455. The van der Waals surface area contributed by atoms with E-state index in [0.717, 1.165) is 0 Å². The van der Waals surface area contributed by atoms with Gasteiger partial charge in [0.15, 0.2) is 0 Å². The fourth-order valence-electron chi connectivity index (χ4n) is 1.31. The molecule has 1 aromatic heterocycles. The number of hydrogen-bond acceptors (Lipinski definition) is 3. The zero-order valence-electron chi connectivity index (χ0n) is 10.3. The average molecular weight is 294 g/mol. The van der Waals surface area contributed by atoms with Gasteiger partial charge in [-0.1, -0.05) is 0 Å². The van der Waals surface area contributed by atoms with E-state index in [9.17, 15) is 22.8 Å². The normalized spacial score (nSPS) is 11.2. The highest BCUT2D eigenvalue weighted by Gasteiger charge is 2.25. The molecule has 3 N–H and O–H groups in total. The van der Waals surface area contributed by atoms with Crippen LogP contribution < -0.4 is 10.6 Å². The number of nitrogens with one attached hydrogen (secondary N) is 2. The maximum Gasteiger partial charge on any atom is 0.389 e. The summed E-state index contributed by atoms with van der Waals surface area (Å²) in [6, 6.07) is 1.97. The molecule has 0 aliphatic heterocycles. The van der Waals surface area contributed by atoms with E-state index in [1.54, 1.807) is 0 Å². The first kappa shape index (κ1) is 15.9. The molecule has 0 fully saturated rings. The summed E-state index contributed by atoms with van der Waals surface area (Å²) in [5.74, 6) is -1.26. The number of carbonyl (C=O) groups excluding carboxylic acids is 1. The lowest BCUT2D eigenvalue weighted by molar-refractivity contribution is -0.135. The molecule has 0 radical (unpaired) electrons. The lowest BCUT2D eigenvalue weighted by Gasteiger charge is -2.08. The van der Waals surface area contributed by atoms with E-state index in [1.807, 2.05) is 0 Å². The van der Waals surface area contributed by atoms with Crippen molar-refractivity contribution in [3.63, 3.8) is 0 Å². The predicted octanol–water partition coefficient (Wildman–Crippen LogP) is 2.12. The number of aromatic carboxylic acids is 1. The number of amides is 2. The van der Waals surface area contributed by atoms with Gasteiger partial charge in [-0.2, -0.15) is 13.2 Å². The van der Waals surface area contributed by atoms with Gasteiger partial charge in [-0.05, 0) is 18.6 Å². The van der Waals surface area contributed by atoms with Crippen molar-refractivity contribution in [1.29, 1.82) is 0 Å². The maximum atomic E-state index is 11.8. The number of furan rings is 1. The minimum absolute atomic E-state index is 0.0572. The molecular formula is C11H13F3N2O4. The molecule has 2 amide bonds. The summed E-state index contributed by atoms with van der Waals surface area (Å²) in [5.41, 5.74) is 0. The molecule has 0 spiro atoms. The van der Waals surface area contributed by atoms with Crippen LogP contribution in [0, 0.1) is 0 Å². The minimum atomic E-state index is -4.24. The Labute approximate surface area is 111 Å². The second-order valence-electron chi connectivity index (χ2n) is 3.90. The maximum absolute atomic E-state index is 11.8. The van der Waals surface area contributed by atoms with Crippen molar-refractivity contribution >= 4 is 12.0 Å². The summed E-state index contributed by atoms with van der Waals surface area (Å²) in [4.78, 5) is 21.7. The van der Waals surface area contributed by atoms with Crippen LogP contribution in [0.1, 0.15) is 29.2 Å². The third-order valence-corrected chi connectivity index (χ3v) is 2.22. The van der Waals surface area contributed by atoms with Crippen LogP contribution >= 0.6 is 0 Å². The number of halogens is 3. The molecule has 0 aromatic carbocycles. The van der Waals surface area contributed by atoms with Gasteiger partial charge in [0.1, 0.15) is 5.76 Å². The molecule has 112 valence electrons. The summed E-state index contributed by atoms with van der Waals surface area (Å²) in [6.07, 6.45) is -5.41. The van der Waals surface area contributed by atoms with Gasteiger partial charge >= 0.3 is 18.2 Å². The molecule has 0 saturated heterocycles. The highest BCUT2D eigenvalue weighted by Crippen LogP contribution is 2.20. The topological polar surface area (TPSA) is 91.6 Å². The van der Waals surface area contributed by atoms with Crippen molar-refractivity contribution in [3.05, 3.63) is 23.7 Å². The number of rotatable bonds is 6. The summed E-state index contributed by atoms with van der Waals surface area (Å²) >= 11 is 0. The van der Waals surface area contributed by atoms with Gasteiger partial charge in [0.25, 0.3) is 0 Å². The van der Waals surface area contributed by atoms with E-state index in [4.69, 9.17) is 9.52 Å². The fourth-order valence-corrected chi connectivity index (χ4v) is 1.31. The number of urea groups is 1. The van der Waals surface area contributed by atoms with Gasteiger partial charge in [0.2, 0.25) is 5.76 Å². The van der Waals surface area contributed by atoms with Crippen molar-refractivity contribution in [2.24, 2.45) is 0 Å². The van der Waals surface area contributed by atoms with Crippen molar-refractivity contribution < 1.29 is 32.3 Å². The number of carboxylic acids is 1. The molecule has 6 nitrogen and oxygen atoms in total. The number of alkyl halides is 3. The molecular weight excluding hydrogens is 281 g/mol. The Morgan fingerprint density at radius 3 is 2.50 bits per heavy atom. The highest BCUT2D eigenvalue weighted by molar-refractivity contribution is 5.84. The standard InChI is InChI=1S/C11H13F3N2O4/c12-11(13,14)4-1-5-15-10(19)16-6-7-2-3-8(20-7)9(17)18/h2-3H,1,4-6H2,(H,17,18)(H2,15,16,19). The van der Waals surface area contributed by atoms with Crippen LogP contribution in [0.15, 0.2) is 16.5 Å². The molecule has 1 aromatic rings. The van der Waals surface area contributed by atoms with E-state index in [1.165, 1.54) is 12.1 Å². The Kier molecular flexibility index (Phi) is 5.42. The van der Waals surface area contributed by atoms with Crippen LogP contribution in [0.5, 0.6) is 0 Å². The predicted molar refractivity (Wildman–Crippen MR) is 61.2 cm³/mol. The third kappa shape index (κ3) is 6.12. The molecule has 9 heteroatoms. The van der Waals surface area contributed by atoms with Crippen molar-refractivity contribution in [3.8, 4) is 0 Å². The zero-order chi connectivity index (χ0) is 15.2. The highest BCUT2D eigenvalue weighted by atomic mass is 19.4. The van der Waals surface area contributed by atoms with E-state index in [-0.39, 0.29) is 31.0 Å². The van der Waals surface area contributed by atoms with Gasteiger partial charge in [0.05, 0.1) is 6.54 Å². The second-order valence-corrected chi connectivity index (χ2v) is 3.90. The van der Waals surface area contributed by atoms with Crippen LogP contribution in [0.4, 0.5) is 18.0 Å². The van der Waals surface area contributed by atoms with Crippen LogP contribution in [0.3, 0.4) is 0 Å². The summed E-state index contributed by atoms with van der Waals surface area (Å²) in [7, 11) is 0. The summed E-state index contributed by atoms with van der Waals surface area (Å²) < 4.78 is 40.4. The number of carboxylic acid groups (broad SMARTS) is 1. The van der Waals surface area contributed by atoms with Crippen LogP contribution in [-0.4, -0.2) is 29.8 Å². The van der Waals surface area contributed by atoms with Crippen molar-refractivity contribution in [1.82, 2.24) is 10.6 Å². The van der Waals surface area contributed by atoms with Gasteiger partial charge in [-0.15, -0.1) is 0 Å². The molecule has 0 unspecified atom stereocenters. The largest absolute Gasteiger partial charge is 0.475 e. The monoisotopic (exact) mass is 294 g/mol. The third-order valence-electron chi connectivity index (χ3n) is 2.22. The molecule has 0 atom stereocenters. The Morgan fingerprint density at radius 1 is 1.25 bits per heavy atom. The molecule has 0 aliphatic carbocycles. The minimum Gasteiger partial charge on any atom is -0.475 e. The Balaban J connectivity index is 2.21. The van der Waals surface area contributed by atoms with Crippen molar-refractivity contribution in [2.75, 3.05) is 6.54 Å². The Bertz CT molecular complexity index is 470. The van der Waals surface area contributed by atoms with Crippen LogP contribution in [-0.2, 0) is 6.54 Å². The smallest absolute Gasteiger partial charge is 0.389 e. The SMILES string of the molecule is O=C(NCCCC(F)(F)F)NCc1ccc(C(=O)O)o1. The van der Waals surface area contributed by atoms with E-state index in [0.29, 0.717) is 0 Å². The molecule has 20 heavy (non-hydrogen) atoms. The van der Waals surface area contributed by atoms with Gasteiger partial charge in [-0.3, -0.25) is 0 Å². The molecule has 0 aliphatic rings. The lowest BCUT2D eigenvalue weighted by Crippen LogP contribution is -2.35. The van der Waals surface area contributed by atoms with E-state index >= 15 is 0 Å². The average Bonchev–Trinajstić information content (AvgIpc) is 2.80. The number of carbonyl (C=O) groups is 2. The van der Waals surface area contributed by atoms with Crippen molar-refractivity contribution in [2.45, 2.75) is 25.6 Å². The molecule has 0 saturated carbocycles. The lowest BCUT2D eigenvalue weighted by atomic mass is 10.3. The van der Waals surface area contributed by atoms with E-state index < -0.39 is 24.6 Å². The van der Waals surface area contributed by atoms with Crippen LogP contribution in [0.2, 0.25) is 0 Å². The van der Waals surface area contributed by atoms with Gasteiger partial charge in [0, 0.05) is 13.0 Å². The zero-order valence-corrected chi connectivity index (χ0v) is 10.3. The Hall–Kier alpha value is -2.19. The molecule has 1 heterocycles. The van der Waals surface area contributed by atoms with Gasteiger partial charge in [-0.25, -0.2) is 9.59 Å². The quantitative estimate of drug-likeness (QED) is 0.701. The summed E-state index contributed by atoms with van der Waals surface area (Å²) in [5, 5.41) is 13.2. The number of hydrogen-bond donors (Lipinski definition) is 3. The molecule has 1 rings (SSSR count). The first-order chi connectivity index (χ1) is 9.28. The Morgan fingerprint density at radius 2 is 1.95 bits per heavy atom. The first-order valence-corrected chi connectivity index (χ1v) is 5.68. The van der Waals surface area contributed by atoms with E-state index in [2.05, 4.69) is 10.6 Å². The van der Waals surface area contributed by atoms with Crippen LogP contribution in [0.25, 0.3) is 0 Å². The molecule has 0 bridgehead atoms. The first-order valence-electron chi connectivity index (χ1n) is 5.68.